The molecular formula is C16H19ClN2O. The van der Waals surface area contributed by atoms with E-state index in [9.17, 15) is 4.79 Å². The summed E-state index contributed by atoms with van der Waals surface area (Å²) in [6.45, 7) is 8.00. The van der Waals surface area contributed by atoms with Crippen molar-refractivity contribution in [3.63, 3.8) is 0 Å². The third-order valence-corrected chi connectivity index (χ3v) is 3.55. The average Bonchev–Trinajstić information content (AvgIpc) is 2.37. The molecule has 0 spiro atoms. The van der Waals surface area contributed by atoms with Gasteiger partial charge in [-0.3, -0.25) is 4.79 Å². The molecule has 2 aromatic rings. The van der Waals surface area contributed by atoms with Crippen molar-refractivity contribution in [3.05, 3.63) is 41.2 Å². The fourth-order valence-electron chi connectivity index (χ4n) is 2.46. The summed E-state index contributed by atoms with van der Waals surface area (Å²) in [7, 11) is 0. The Labute approximate surface area is 124 Å². The molecule has 0 radical (unpaired) electrons. The molecule has 1 aromatic carbocycles. The largest absolute Gasteiger partial charge is 0.332 e. The Bertz CT molecular complexity index is 629. The van der Waals surface area contributed by atoms with Crippen molar-refractivity contribution in [1.82, 2.24) is 9.88 Å². The Hall–Kier alpha value is -1.61. The van der Waals surface area contributed by atoms with Crippen molar-refractivity contribution in [2.24, 2.45) is 0 Å². The standard InChI is InChI=1S/C16H19ClN2O/c1-10(2)19(11(3)4)16(20)14-9-12-7-5-6-8-13(12)15(17)18-14/h5-11H,1-4H3. The molecule has 0 N–H and O–H groups in total. The van der Waals surface area contributed by atoms with Crippen LogP contribution in [0.15, 0.2) is 30.3 Å². The number of aromatic nitrogens is 1. The number of halogens is 1. The van der Waals surface area contributed by atoms with Crippen LogP contribution in [-0.4, -0.2) is 27.9 Å². The third-order valence-electron chi connectivity index (χ3n) is 3.26. The topological polar surface area (TPSA) is 33.2 Å². The second-order valence-electron chi connectivity index (χ2n) is 5.42. The van der Waals surface area contributed by atoms with Crippen molar-refractivity contribution in [1.29, 1.82) is 0 Å². The monoisotopic (exact) mass is 290 g/mol. The quantitative estimate of drug-likeness (QED) is 0.796. The van der Waals surface area contributed by atoms with E-state index in [1.165, 1.54) is 0 Å². The minimum absolute atomic E-state index is 0.0809. The van der Waals surface area contributed by atoms with E-state index in [4.69, 9.17) is 11.6 Å². The van der Waals surface area contributed by atoms with Gasteiger partial charge in [-0.2, -0.15) is 0 Å². The Morgan fingerprint density at radius 3 is 2.35 bits per heavy atom. The van der Waals surface area contributed by atoms with Crippen LogP contribution in [0.3, 0.4) is 0 Å². The molecule has 0 saturated carbocycles. The lowest BCUT2D eigenvalue weighted by Gasteiger charge is -2.30. The molecule has 3 nitrogen and oxygen atoms in total. The number of carbonyl (C=O) groups excluding carboxylic acids is 1. The van der Waals surface area contributed by atoms with E-state index < -0.39 is 0 Å². The van der Waals surface area contributed by atoms with Gasteiger partial charge in [0.2, 0.25) is 0 Å². The molecule has 4 heteroatoms. The zero-order valence-corrected chi connectivity index (χ0v) is 13.0. The number of hydrogen-bond acceptors (Lipinski definition) is 2. The van der Waals surface area contributed by atoms with Crippen LogP contribution in [0.2, 0.25) is 5.15 Å². The molecule has 0 atom stereocenters. The lowest BCUT2D eigenvalue weighted by Crippen LogP contribution is -2.42. The summed E-state index contributed by atoms with van der Waals surface area (Å²) in [5, 5.41) is 2.17. The van der Waals surface area contributed by atoms with Gasteiger partial charge in [-0.15, -0.1) is 0 Å². The van der Waals surface area contributed by atoms with E-state index in [1.54, 1.807) is 6.07 Å². The normalized spacial score (nSPS) is 11.3. The first kappa shape index (κ1) is 14.8. The second kappa shape index (κ2) is 5.80. The summed E-state index contributed by atoms with van der Waals surface area (Å²) < 4.78 is 0. The van der Waals surface area contributed by atoms with E-state index in [1.807, 2.05) is 56.9 Å². The molecule has 0 aliphatic carbocycles. The fraction of sp³-hybridized carbons (Fsp3) is 0.375. The van der Waals surface area contributed by atoms with E-state index in [0.29, 0.717) is 10.8 Å². The fourth-order valence-corrected chi connectivity index (χ4v) is 2.73. The Kier molecular flexibility index (Phi) is 4.29. The molecule has 0 fully saturated rings. The molecule has 0 saturated heterocycles. The summed E-state index contributed by atoms with van der Waals surface area (Å²) >= 11 is 6.19. The van der Waals surface area contributed by atoms with E-state index >= 15 is 0 Å². The van der Waals surface area contributed by atoms with Crippen molar-refractivity contribution >= 4 is 28.3 Å². The summed E-state index contributed by atoms with van der Waals surface area (Å²) in [5.74, 6) is -0.0809. The van der Waals surface area contributed by atoms with Crippen LogP contribution in [0.4, 0.5) is 0 Å². The zero-order valence-electron chi connectivity index (χ0n) is 12.2. The first-order valence-corrected chi connectivity index (χ1v) is 7.17. The van der Waals surface area contributed by atoms with Gasteiger partial charge in [0.1, 0.15) is 10.8 Å². The Balaban J connectivity index is 2.49. The van der Waals surface area contributed by atoms with Crippen molar-refractivity contribution < 1.29 is 4.79 Å². The van der Waals surface area contributed by atoms with Gasteiger partial charge < -0.3 is 4.90 Å². The van der Waals surface area contributed by atoms with Crippen LogP contribution < -0.4 is 0 Å². The van der Waals surface area contributed by atoms with Crippen LogP contribution in [0.5, 0.6) is 0 Å². The minimum Gasteiger partial charge on any atom is -0.332 e. The summed E-state index contributed by atoms with van der Waals surface area (Å²) in [6, 6.07) is 9.73. The summed E-state index contributed by atoms with van der Waals surface area (Å²) in [5.41, 5.74) is 0.399. The minimum atomic E-state index is -0.0809. The number of carbonyl (C=O) groups is 1. The predicted octanol–water partition coefficient (Wildman–Crippen LogP) is 4.15. The van der Waals surface area contributed by atoms with E-state index in [2.05, 4.69) is 4.98 Å². The number of nitrogens with zero attached hydrogens (tertiary/aromatic N) is 2. The summed E-state index contributed by atoms with van der Waals surface area (Å²) in [6.07, 6.45) is 0. The van der Waals surface area contributed by atoms with Crippen LogP contribution in [0.1, 0.15) is 38.2 Å². The molecule has 2 rings (SSSR count). The number of hydrogen-bond donors (Lipinski definition) is 0. The average molecular weight is 291 g/mol. The highest BCUT2D eigenvalue weighted by Crippen LogP contribution is 2.23. The van der Waals surface area contributed by atoms with Gasteiger partial charge >= 0.3 is 0 Å². The maximum atomic E-state index is 12.6. The maximum absolute atomic E-state index is 12.6. The van der Waals surface area contributed by atoms with Crippen LogP contribution >= 0.6 is 11.6 Å². The van der Waals surface area contributed by atoms with Gasteiger partial charge in [0.05, 0.1) is 0 Å². The van der Waals surface area contributed by atoms with Crippen LogP contribution in [-0.2, 0) is 0 Å². The first-order valence-electron chi connectivity index (χ1n) is 6.79. The molecule has 0 bridgehead atoms. The lowest BCUT2D eigenvalue weighted by atomic mass is 10.1. The summed E-state index contributed by atoms with van der Waals surface area (Å²) in [4.78, 5) is 18.7. The second-order valence-corrected chi connectivity index (χ2v) is 5.78. The van der Waals surface area contributed by atoms with Crippen molar-refractivity contribution in [2.75, 3.05) is 0 Å². The third kappa shape index (κ3) is 2.78. The molecule has 0 aliphatic rings. The Morgan fingerprint density at radius 2 is 1.75 bits per heavy atom. The van der Waals surface area contributed by atoms with Crippen molar-refractivity contribution in [2.45, 2.75) is 39.8 Å². The number of benzene rings is 1. The number of amides is 1. The molecule has 20 heavy (non-hydrogen) atoms. The molecule has 0 unspecified atom stereocenters. The number of rotatable bonds is 3. The highest BCUT2D eigenvalue weighted by atomic mass is 35.5. The SMILES string of the molecule is CC(C)N(C(=O)c1cc2ccccc2c(Cl)n1)C(C)C. The maximum Gasteiger partial charge on any atom is 0.272 e. The molecule has 0 aliphatic heterocycles. The van der Waals surface area contributed by atoms with Gasteiger partial charge in [0.25, 0.3) is 5.91 Å². The Morgan fingerprint density at radius 1 is 1.15 bits per heavy atom. The van der Waals surface area contributed by atoms with Gasteiger partial charge in [0, 0.05) is 17.5 Å². The predicted molar refractivity (Wildman–Crippen MR) is 83.2 cm³/mol. The van der Waals surface area contributed by atoms with Crippen molar-refractivity contribution in [3.8, 4) is 0 Å². The van der Waals surface area contributed by atoms with Crippen LogP contribution in [0, 0.1) is 0 Å². The molecule has 1 heterocycles. The van der Waals surface area contributed by atoms with Gasteiger partial charge in [0.15, 0.2) is 0 Å². The lowest BCUT2D eigenvalue weighted by molar-refractivity contribution is 0.0638. The molecular weight excluding hydrogens is 272 g/mol. The number of fused-ring (bicyclic) bond motifs is 1. The molecule has 1 amide bonds. The van der Waals surface area contributed by atoms with E-state index in [0.717, 1.165) is 10.8 Å². The van der Waals surface area contributed by atoms with Crippen LogP contribution in [0.25, 0.3) is 10.8 Å². The smallest absolute Gasteiger partial charge is 0.272 e. The highest BCUT2D eigenvalue weighted by Gasteiger charge is 2.23. The van der Waals surface area contributed by atoms with Gasteiger partial charge in [-0.25, -0.2) is 4.98 Å². The first-order chi connectivity index (χ1) is 9.41. The van der Waals surface area contributed by atoms with Gasteiger partial charge in [-0.05, 0) is 39.1 Å². The molecule has 1 aromatic heterocycles. The zero-order chi connectivity index (χ0) is 14.9. The van der Waals surface area contributed by atoms with E-state index in [-0.39, 0.29) is 18.0 Å². The highest BCUT2D eigenvalue weighted by molar-refractivity contribution is 6.34. The van der Waals surface area contributed by atoms with Gasteiger partial charge in [-0.1, -0.05) is 35.9 Å². The molecule has 106 valence electrons. The number of pyridine rings is 1.